The zero-order chi connectivity index (χ0) is 11.3. The number of nitrogens with zero attached hydrogens (tertiary/aromatic N) is 1. The maximum Gasteiger partial charge on any atom is 0.410 e. The monoisotopic (exact) mass is 212 g/mol. The van der Waals surface area contributed by atoms with Crippen molar-refractivity contribution in [3.63, 3.8) is 0 Å². The lowest BCUT2D eigenvalue weighted by molar-refractivity contribution is 0.0285. The van der Waals surface area contributed by atoms with Crippen LogP contribution in [0.15, 0.2) is 0 Å². The first-order valence-electron chi connectivity index (χ1n) is 5.57. The maximum atomic E-state index is 11.8. The Morgan fingerprint density at radius 3 is 2.53 bits per heavy atom. The van der Waals surface area contributed by atoms with Crippen molar-refractivity contribution in [2.45, 2.75) is 44.8 Å². The molecule has 86 valence electrons. The predicted molar refractivity (Wildman–Crippen MR) is 57.4 cm³/mol. The fourth-order valence-corrected chi connectivity index (χ4v) is 2.35. The van der Waals surface area contributed by atoms with Crippen molar-refractivity contribution in [1.82, 2.24) is 4.90 Å². The van der Waals surface area contributed by atoms with Gasteiger partial charge in [-0.15, -0.1) is 0 Å². The molecule has 1 heterocycles. The van der Waals surface area contributed by atoms with E-state index in [0.717, 1.165) is 19.4 Å². The zero-order valence-electron chi connectivity index (χ0n) is 9.75. The Morgan fingerprint density at radius 2 is 2.20 bits per heavy atom. The van der Waals surface area contributed by atoms with Gasteiger partial charge in [-0.2, -0.15) is 0 Å². The molecule has 1 aliphatic carbocycles. The van der Waals surface area contributed by atoms with Crippen LogP contribution in [0.25, 0.3) is 0 Å². The highest BCUT2D eigenvalue weighted by atomic mass is 16.6. The van der Waals surface area contributed by atoms with Gasteiger partial charge in [-0.1, -0.05) is 0 Å². The molecule has 0 spiro atoms. The number of amides is 1. The van der Waals surface area contributed by atoms with Crippen LogP contribution in [0.2, 0.25) is 0 Å². The standard InChI is InChI=1S/C11H20N2O2/c1-10(2,3)15-9(14)13-6-8-4-5-11(8,12)7-13/h8H,4-7,12H2,1-3H3/t8-,11-/m0/s1. The fourth-order valence-electron chi connectivity index (χ4n) is 2.35. The van der Waals surface area contributed by atoms with Crippen LogP contribution in [0.4, 0.5) is 4.79 Å². The molecule has 2 fully saturated rings. The Morgan fingerprint density at radius 1 is 1.53 bits per heavy atom. The van der Waals surface area contributed by atoms with E-state index in [0.29, 0.717) is 12.5 Å². The molecular formula is C11H20N2O2. The van der Waals surface area contributed by atoms with Crippen LogP contribution >= 0.6 is 0 Å². The second kappa shape index (κ2) is 3.11. The zero-order valence-corrected chi connectivity index (χ0v) is 9.75. The first-order valence-corrected chi connectivity index (χ1v) is 5.57. The van der Waals surface area contributed by atoms with E-state index in [1.807, 2.05) is 20.8 Å². The van der Waals surface area contributed by atoms with Gasteiger partial charge < -0.3 is 15.4 Å². The van der Waals surface area contributed by atoms with Crippen molar-refractivity contribution in [2.24, 2.45) is 11.7 Å². The average Bonchev–Trinajstić information content (AvgIpc) is 2.26. The molecule has 1 amide bonds. The van der Waals surface area contributed by atoms with Gasteiger partial charge in [0, 0.05) is 18.6 Å². The number of carbonyl (C=O) groups is 1. The summed E-state index contributed by atoms with van der Waals surface area (Å²) in [7, 11) is 0. The largest absolute Gasteiger partial charge is 0.444 e. The van der Waals surface area contributed by atoms with E-state index < -0.39 is 5.60 Å². The molecule has 2 aliphatic rings. The molecule has 2 atom stereocenters. The van der Waals surface area contributed by atoms with Crippen LogP contribution in [-0.4, -0.2) is 35.2 Å². The summed E-state index contributed by atoms with van der Waals surface area (Å²) in [5, 5.41) is 0. The number of hydrogen-bond donors (Lipinski definition) is 1. The van der Waals surface area contributed by atoms with Gasteiger partial charge in [-0.3, -0.25) is 0 Å². The second-order valence-corrected chi connectivity index (χ2v) is 5.83. The summed E-state index contributed by atoms with van der Waals surface area (Å²) in [6.07, 6.45) is 1.97. The second-order valence-electron chi connectivity index (χ2n) is 5.83. The van der Waals surface area contributed by atoms with Gasteiger partial charge in [-0.05, 0) is 39.5 Å². The molecule has 0 radical (unpaired) electrons. The number of ether oxygens (including phenoxy) is 1. The van der Waals surface area contributed by atoms with Crippen LogP contribution in [0, 0.1) is 5.92 Å². The van der Waals surface area contributed by atoms with Crippen molar-refractivity contribution in [1.29, 1.82) is 0 Å². The molecule has 4 heteroatoms. The van der Waals surface area contributed by atoms with Gasteiger partial charge in [-0.25, -0.2) is 4.79 Å². The minimum atomic E-state index is -0.416. The Hall–Kier alpha value is -0.770. The predicted octanol–water partition coefficient (Wildman–Crippen LogP) is 1.34. The number of hydrogen-bond acceptors (Lipinski definition) is 3. The van der Waals surface area contributed by atoms with Crippen LogP contribution in [-0.2, 0) is 4.74 Å². The van der Waals surface area contributed by atoms with Crippen LogP contribution in [0.3, 0.4) is 0 Å². The van der Waals surface area contributed by atoms with Crippen molar-refractivity contribution in [3.8, 4) is 0 Å². The molecule has 0 aromatic heterocycles. The smallest absolute Gasteiger partial charge is 0.410 e. The minimum Gasteiger partial charge on any atom is -0.444 e. The number of carbonyl (C=O) groups excluding carboxylic acids is 1. The normalized spacial score (nSPS) is 34.7. The maximum absolute atomic E-state index is 11.8. The molecule has 0 aromatic rings. The van der Waals surface area contributed by atoms with E-state index in [4.69, 9.17) is 10.5 Å². The Balaban J connectivity index is 1.94. The first kappa shape index (κ1) is 10.7. The Kier molecular flexibility index (Phi) is 2.23. The summed E-state index contributed by atoms with van der Waals surface area (Å²) < 4.78 is 5.32. The van der Waals surface area contributed by atoms with Gasteiger partial charge in [0.15, 0.2) is 0 Å². The average molecular weight is 212 g/mol. The van der Waals surface area contributed by atoms with E-state index in [-0.39, 0.29) is 11.6 Å². The molecule has 0 bridgehead atoms. The SMILES string of the molecule is CC(C)(C)OC(=O)N1C[C@@H]2CC[C@]2(N)C1. The van der Waals surface area contributed by atoms with Crippen LogP contribution in [0.5, 0.6) is 0 Å². The van der Waals surface area contributed by atoms with Gasteiger partial charge in [0.1, 0.15) is 5.60 Å². The van der Waals surface area contributed by atoms with Gasteiger partial charge in [0.05, 0.1) is 0 Å². The minimum absolute atomic E-state index is 0.114. The highest BCUT2D eigenvalue weighted by molar-refractivity contribution is 5.69. The third-order valence-electron chi connectivity index (χ3n) is 3.35. The highest BCUT2D eigenvalue weighted by Gasteiger charge is 2.51. The summed E-state index contributed by atoms with van der Waals surface area (Å²) in [6, 6.07) is 0. The lowest BCUT2D eigenvalue weighted by Gasteiger charge is -2.39. The van der Waals surface area contributed by atoms with E-state index in [1.54, 1.807) is 4.90 Å². The van der Waals surface area contributed by atoms with E-state index in [1.165, 1.54) is 0 Å². The fraction of sp³-hybridized carbons (Fsp3) is 0.909. The van der Waals surface area contributed by atoms with E-state index in [2.05, 4.69) is 0 Å². The van der Waals surface area contributed by atoms with Crippen LogP contribution < -0.4 is 5.73 Å². The Bertz CT molecular complexity index is 285. The Labute approximate surface area is 90.8 Å². The van der Waals surface area contributed by atoms with Gasteiger partial charge in [0.2, 0.25) is 0 Å². The number of rotatable bonds is 0. The number of fused-ring (bicyclic) bond motifs is 1. The summed E-state index contributed by atoms with van der Waals surface area (Å²) >= 11 is 0. The summed E-state index contributed by atoms with van der Waals surface area (Å²) in [4.78, 5) is 13.5. The third-order valence-corrected chi connectivity index (χ3v) is 3.35. The summed E-state index contributed by atoms with van der Waals surface area (Å²) in [5.41, 5.74) is 5.62. The molecule has 1 aliphatic heterocycles. The van der Waals surface area contributed by atoms with Crippen molar-refractivity contribution in [3.05, 3.63) is 0 Å². The quantitative estimate of drug-likeness (QED) is 0.659. The lowest BCUT2D eigenvalue weighted by atomic mass is 9.70. The molecule has 1 saturated heterocycles. The van der Waals surface area contributed by atoms with Crippen molar-refractivity contribution in [2.75, 3.05) is 13.1 Å². The molecule has 2 N–H and O–H groups in total. The molecule has 2 rings (SSSR count). The van der Waals surface area contributed by atoms with Gasteiger partial charge in [0.25, 0.3) is 0 Å². The van der Waals surface area contributed by atoms with Crippen molar-refractivity contribution < 1.29 is 9.53 Å². The lowest BCUT2D eigenvalue weighted by Crippen LogP contribution is -2.54. The van der Waals surface area contributed by atoms with E-state index in [9.17, 15) is 4.79 Å². The van der Waals surface area contributed by atoms with Crippen LogP contribution in [0.1, 0.15) is 33.6 Å². The molecule has 15 heavy (non-hydrogen) atoms. The first-order chi connectivity index (χ1) is 6.80. The molecule has 0 unspecified atom stereocenters. The molecular weight excluding hydrogens is 192 g/mol. The van der Waals surface area contributed by atoms with Gasteiger partial charge >= 0.3 is 6.09 Å². The molecule has 4 nitrogen and oxygen atoms in total. The molecule has 0 aromatic carbocycles. The van der Waals surface area contributed by atoms with E-state index >= 15 is 0 Å². The van der Waals surface area contributed by atoms with Crippen molar-refractivity contribution >= 4 is 6.09 Å². The number of likely N-dealkylation sites (tertiary alicyclic amines) is 1. The highest BCUT2D eigenvalue weighted by Crippen LogP contribution is 2.42. The molecule has 1 saturated carbocycles. The summed E-state index contributed by atoms with van der Waals surface area (Å²) in [5.74, 6) is 0.491. The topological polar surface area (TPSA) is 55.6 Å². The summed E-state index contributed by atoms with van der Waals surface area (Å²) in [6.45, 7) is 7.08. The number of nitrogens with two attached hydrogens (primary N) is 1. The third kappa shape index (κ3) is 1.95.